The lowest BCUT2D eigenvalue weighted by atomic mass is 10.1. The molecule has 0 atom stereocenters. The van der Waals surface area contributed by atoms with Crippen molar-refractivity contribution in [1.29, 1.82) is 0 Å². The third kappa shape index (κ3) is 4.44. The van der Waals surface area contributed by atoms with Crippen molar-refractivity contribution in [2.45, 2.75) is 26.3 Å². The number of amides is 1. The third-order valence-corrected chi connectivity index (χ3v) is 2.33. The van der Waals surface area contributed by atoms with Gasteiger partial charge in [0.2, 0.25) is 0 Å². The lowest BCUT2D eigenvalue weighted by Gasteiger charge is -2.23. The molecule has 0 spiro atoms. The molecule has 0 radical (unpaired) electrons. The number of hydrogen-bond donors (Lipinski definition) is 2. The summed E-state index contributed by atoms with van der Waals surface area (Å²) in [4.78, 5) is 11.6. The monoisotopic (exact) mass is 237 g/mol. The molecule has 94 valence electrons. The van der Waals surface area contributed by atoms with Crippen molar-refractivity contribution in [3.05, 3.63) is 29.8 Å². The predicted octanol–water partition coefficient (Wildman–Crippen LogP) is 1.26. The molecule has 0 saturated heterocycles. The van der Waals surface area contributed by atoms with Crippen LogP contribution in [0.1, 0.15) is 19.4 Å². The van der Waals surface area contributed by atoms with E-state index in [1.54, 1.807) is 13.8 Å². The first kappa shape index (κ1) is 13.5. The van der Waals surface area contributed by atoms with Gasteiger partial charge in [0.05, 0.1) is 12.1 Å². The Bertz CT molecular complexity index is 388. The molecule has 1 aromatic carbocycles. The second-order valence-corrected chi connectivity index (χ2v) is 4.64. The summed E-state index contributed by atoms with van der Waals surface area (Å²) in [6.07, 6.45) is 0. The predicted molar refractivity (Wildman–Crippen MR) is 66.0 cm³/mol. The largest absolute Gasteiger partial charge is 0.484 e. The number of rotatable bonds is 5. The summed E-state index contributed by atoms with van der Waals surface area (Å²) in [7, 11) is 0. The smallest absolute Gasteiger partial charge is 0.258 e. The molecule has 0 aliphatic rings. The van der Waals surface area contributed by atoms with Gasteiger partial charge in [-0.25, -0.2) is 0 Å². The minimum Gasteiger partial charge on any atom is -0.484 e. The van der Waals surface area contributed by atoms with Gasteiger partial charge in [0.1, 0.15) is 5.75 Å². The first-order valence-corrected chi connectivity index (χ1v) is 5.55. The second-order valence-electron chi connectivity index (χ2n) is 4.64. The van der Waals surface area contributed by atoms with Crippen molar-refractivity contribution in [3.63, 3.8) is 0 Å². The molecule has 0 aromatic heterocycles. The first-order chi connectivity index (χ1) is 7.94. The number of hydrogen-bond acceptors (Lipinski definition) is 3. The van der Waals surface area contributed by atoms with E-state index in [-0.39, 0.29) is 19.1 Å². The zero-order chi connectivity index (χ0) is 12.9. The van der Waals surface area contributed by atoms with Crippen LogP contribution in [0.3, 0.4) is 0 Å². The molecule has 0 aliphatic heterocycles. The average Bonchev–Trinajstić information content (AvgIpc) is 2.27. The van der Waals surface area contributed by atoms with Gasteiger partial charge in [-0.05, 0) is 32.4 Å². The van der Waals surface area contributed by atoms with E-state index < -0.39 is 5.54 Å². The Kier molecular flexibility index (Phi) is 4.52. The van der Waals surface area contributed by atoms with Crippen LogP contribution >= 0.6 is 0 Å². The molecule has 0 bridgehead atoms. The van der Waals surface area contributed by atoms with E-state index in [0.717, 1.165) is 5.56 Å². The maximum Gasteiger partial charge on any atom is 0.258 e. The van der Waals surface area contributed by atoms with Crippen molar-refractivity contribution < 1.29 is 14.6 Å². The highest BCUT2D eigenvalue weighted by Gasteiger charge is 2.19. The van der Waals surface area contributed by atoms with Crippen LogP contribution < -0.4 is 10.1 Å². The first-order valence-electron chi connectivity index (χ1n) is 5.55. The van der Waals surface area contributed by atoms with Crippen LogP contribution in [0.4, 0.5) is 0 Å². The van der Waals surface area contributed by atoms with Gasteiger partial charge in [-0.3, -0.25) is 4.79 Å². The van der Waals surface area contributed by atoms with E-state index >= 15 is 0 Å². The SMILES string of the molecule is Cc1ccccc1OCC(=O)NC(C)(C)CO. The Morgan fingerprint density at radius 3 is 2.65 bits per heavy atom. The summed E-state index contributed by atoms with van der Waals surface area (Å²) >= 11 is 0. The topological polar surface area (TPSA) is 58.6 Å². The van der Waals surface area contributed by atoms with Crippen molar-refractivity contribution in [2.24, 2.45) is 0 Å². The molecule has 1 rings (SSSR count). The zero-order valence-corrected chi connectivity index (χ0v) is 10.5. The van der Waals surface area contributed by atoms with E-state index in [1.807, 2.05) is 31.2 Å². The molecule has 0 saturated carbocycles. The molecular weight excluding hydrogens is 218 g/mol. The molecule has 2 N–H and O–H groups in total. The minimum atomic E-state index is -0.619. The van der Waals surface area contributed by atoms with Crippen molar-refractivity contribution in [1.82, 2.24) is 5.32 Å². The number of aliphatic hydroxyl groups is 1. The molecular formula is C13H19NO3. The Morgan fingerprint density at radius 1 is 1.41 bits per heavy atom. The summed E-state index contributed by atoms with van der Waals surface area (Å²) in [5.74, 6) is 0.455. The van der Waals surface area contributed by atoms with Crippen LogP contribution in [0.5, 0.6) is 5.75 Å². The number of benzene rings is 1. The van der Waals surface area contributed by atoms with Gasteiger partial charge in [0.15, 0.2) is 6.61 Å². The van der Waals surface area contributed by atoms with Crippen molar-refractivity contribution in [2.75, 3.05) is 13.2 Å². The van der Waals surface area contributed by atoms with Gasteiger partial charge >= 0.3 is 0 Å². The second kappa shape index (κ2) is 5.68. The Morgan fingerprint density at radius 2 is 2.06 bits per heavy atom. The number of ether oxygens (including phenoxy) is 1. The number of carbonyl (C=O) groups is 1. The number of carbonyl (C=O) groups excluding carboxylic acids is 1. The van der Waals surface area contributed by atoms with Crippen LogP contribution in [0, 0.1) is 6.92 Å². The fourth-order valence-corrected chi connectivity index (χ4v) is 1.31. The van der Waals surface area contributed by atoms with Crippen LogP contribution in [-0.4, -0.2) is 29.8 Å². The highest BCUT2D eigenvalue weighted by atomic mass is 16.5. The van der Waals surface area contributed by atoms with E-state index in [2.05, 4.69) is 5.32 Å². The van der Waals surface area contributed by atoms with E-state index in [9.17, 15) is 4.79 Å². The molecule has 4 nitrogen and oxygen atoms in total. The van der Waals surface area contributed by atoms with Crippen molar-refractivity contribution >= 4 is 5.91 Å². The van der Waals surface area contributed by atoms with Gasteiger partial charge in [0, 0.05) is 0 Å². The molecule has 0 fully saturated rings. The molecule has 1 amide bonds. The van der Waals surface area contributed by atoms with Gasteiger partial charge < -0.3 is 15.2 Å². The number of nitrogens with one attached hydrogen (secondary N) is 1. The van der Waals surface area contributed by atoms with E-state index in [0.29, 0.717) is 5.75 Å². The fraction of sp³-hybridized carbons (Fsp3) is 0.462. The standard InChI is InChI=1S/C13H19NO3/c1-10-6-4-5-7-11(10)17-8-12(16)14-13(2,3)9-15/h4-7,15H,8-9H2,1-3H3,(H,14,16). The molecule has 4 heteroatoms. The number of aliphatic hydroxyl groups excluding tert-OH is 1. The normalized spacial score (nSPS) is 11.1. The van der Waals surface area contributed by atoms with E-state index in [4.69, 9.17) is 9.84 Å². The van der Waals surface area contributed by atoms with Gasteiger partial charge in [0.25, 0.3) is 5.91 Å². The zero-order valence-electron chi connectivity index (χ0n) is 10.5. The maximum atomic E-state index is 11.6. The summed E-state index contributed by atoms with van der Waals surface area (Å²) < 4.78 is 5.40. The summed E-state index contributed by atoms with van der Waals surface area (Å²) in [6.45, 7) is 5.26. The number of aryl methyl sites for hydroxylation is 1. The Balaban J connectivity index is 2.47. The highest BCUT2D eigenvalue weighted by Crippen LogP contribution is 2.15. The molecule has 0 aliphatic carbocycles. The molecule has 0 heterocycles. The minimum absolute atomic E-state index is 0.0473. The van der Waals surface area contributed by atoms with Gasteiger partial charge in [-0.1, -0.05) is 18.2 Å². The van der Waals surface area contributed by atoms with Crippen LogP contribution in [0.25, 0.3) is 0 Å². The Labute approximate surface area is 102 Å². The van der Waals surface area contributed by atoms with Crippen LogP contribution in [-0.2, 0) is 4.79 Å². The van der Waals surface area contributed by atoms with Gasteiger partial charge in [-0.2, -0.15) is 0 Å². The summed E-state index contributed by atoms with van der Waals surface area (Å²) in [6, 6.07) is 7.51. The summed E-state index contributed by atoms with van der Waals surface area (Å²) in [5, 5.41) is 11.7. The molecule has 0 unspecified atom stereocenters. The maximum absolute atomic E-state index is 11.6. The van der Waals surface area contributed by atoms with Crippen molar-refractivity contribution in [3.8, 4) is 5.75 Å². The third-order valence-electron chi connectivity index (χ3n) is 2.33. The van der Waals surface area contributed by atoms with Gasteiger partial charge in [-0.15, -0.1) is 0 Å². The Hall–Kier alpha value is -1.55. The lowest BCUT2D eigenvalue weighted by Crippen LogP contribution is -2.48. The van der Waals surface area contributed by atoms with Crippen LogP contribution in [0.15, 0.2) is 24.3 Å². The quantitative estimate of drug-likeness (QED) is 0.810. The number of para-hydroxylation sites is 1. The lowest BCUT2D eigenvalue weighted by molar-refractivity contribution is -0.125. The summed E-state index contributed by atoms with van der Waals surface area (Å²) in [5.41, 5.74) is 0.369. The van der Waals surface area contributed by atoms with E-state index in [1.165, 1.54) is 0 Å². The highest BCUT2D eigenvalue weighted by molar-refractivity contribution is 5.78. The molecule has 1 aromatic rings. The average molecular weight is 237 g/mol. The molecule has 17 heavy (non-hydrogen) atoms. The van der Waals surface area contributed by atoms with Crippen LogP contribution in [0.2, 0.25) is 0 Å². The fourth-order valence-electron chi connectivity index (χ4n) is 1.31.